The van der Waals surface area contributed by atoms with E-state index in [1.165, 1.54) is 16.8 Å². The zero-order valence-corrected chi connectivity index (χ0v) is 13.4. The second-order valence-corrected chi connectivity index (χ2v) is 6.00. The van der Waals surface area contributed by atoms with Gasteiger partial charge in [0.05, 0.1) is 30.0 Å². The number of hydrogen-bond donors (Lipinski definition) is 0. The van der Waals surface area contributed by atoms with E-state index in [1.54, 1.807) is 0 Å². The molecule has 130 valence electrons. The van der Waals surface area contributed by atoms with E-state index in [4.69, 9.17) is 4.74 Å². The highest BCUT2D eigenvalue weighted by atomic mass is 19.4. The first kappa shape index (κ1) is 16.8. The Morgan fingerprint density at radius 1 is 1.12 bits per heavy atom. The molecule has 6 nitrogen and oxygen atoms in total. The van der Waals surface area contributed by atoms with Crippen molar-refractivity contribution in [2.75, 3.05) is 13.1 Å². The van der Waals surface area contributed by atoms with Crippen molar-refractivity contribution in [3.8, 4) is 5.69 Å². The Labute approximate surface area is 137 Å². The predicted molar refractivity (Wildman–Crippen MR) is 79.4 cm³/mol. The largest absolute Gasteiger partial charge is 0.416 e. The molecular weight excluding hydrogens is 323 g/mol. The first-order valence-electron chi connectivity index (χ1n) is 7.65. The van der Waals surface area contributed by atoms with Gasteiger partial charge in [0, 0.05) is 13.1 Å². The van der Waals surface area contributed by atoms with E-state index in [0.29, 0.717) is 18.1 Å². The van der Waals surface area contributed by atoms with Crippen LogP contribution in [0.2, 0.25) is 0 Å². The third-order valence-electron chi connectivity index (χ3n) is 3.83. The fourth-order valence-corrected chi connectivity index (χ4v) is 2.91. The first-order valence-corrected chi connectivity index (χ1v) is 7.65. The van der Waals surface area contributed by atoms with Gasteiger partial charge in [-0.2, -0.15) is 17.9 Å². The molecular formula is C15H18F3N5O. The summed E-state index contributed by atoms with van der Waals surface area (Å²) in [5.74, 6) is 0.580. The summed E-state index contributed by atoms with van der Waals surface area (Å²) in [4.78, 5) is 2.17. The smallest absolute Gasteiger partial charge is 0.373 e. The van der Waals surface area contributed by atoms with Gasteiger partial charge in [-0.1, -0.05) is 0 Å². The third-order valence-corrected chi connectivity index (χ3v) is 3.83. The molecule has 1 aromatic heterocycles. The monoisotopic (exact) mass is 341 g/mol. The quantitative estimate of drug-likeness (QED) is 0.857. The minimum atomic E-state index is -4.36. The van der Waals surface area contributed by atoms with E-state index >= 15 is 0 Å². The predicted octanol–water partition coefficient (Wildman–Crippen LogP) is 2.29. The van der Waals surface area contributed by atoms with Crippen LogP contribution in [0.15, 0.2) is 24.3 Å². The highest BCUT2D eigenvalue weighted by molar-refractivity contribution is 5.35. The molecule has 1 aliphatic heterocycles. The number of tetrazole rings is 1. The summed E-state index contributed by atoms with van der Waals surface area (Å²) in [7, 11) is 0. The van der Waals surface area contributed by atoms with E-state index in [9.17, 15) is 13.2 Å². The van der Waals surface area contributed by atoms with Gasteiger partial charge in [-0.3, -0.25) is 4.90 Å². The summed E-state index contributed by atoms with van der Waals surface area (Å²) in [5, 5.41) is 11.6. The highest BCUT2D eigenvalue weighted by Crippen LogP contribution is 2.29. The summed E-state index contributed by atoms with van der Waals surface area (Å²) >= 11 is 0. The van der Waals surface area contributed by atoms with Gasteiger partial charge in [-0.05, 0) is 48.5 Å². The second-order valence-electron chi connectivity index (χ2n) is 6.00. The Morgan fingerprint density at radius 2 is 1.75 bits per heavy atom. The van der Waals surface area contributed by atoms with Gasteiger partial charge in [-0.25, -0.2) is 0 Å². The second kappa shape index (κ2) is 6.48. The molecule has 1 aromatic carbocycles. The van der Waals surface area contributed by atoms with Crippen molar-refractivity contribution in [1.82, 2.24) is 25.1 Å². The molecule has 0 amide bonds. The zero-order chi connectivity index (χ0) is 17.3. The van der Waals surface area contributed by atoms with Crippen molar-refractivity contribution in [3.05, 3.63) is 35.7 Å². The lowest BCUT2D eigenvalue weighted by molar-refractivity contribution is -0.137. The Morgan fingerprint density at radius 3 is 2.33 bits per heavy atom. The molecule has 1 fully saturated rings. The molecule has 0 saturated carbocycles. The average molecular weight is 341 g/mol. The normalized spacial score (nSPS) is 22.7. The third kappa shape index (κ3) is 3.73. The van der Waals surface area contributed by atoms with E-state index in [0.717, 1.165) is 25.2 Å². The minimum Gasteiger partial charge on any atom is -0.373 e. The fraction of sp³-hybridized carbons (Fsp3) is 0.533. The van der Waals surface area contributed by atoms with Crippen molar-refractivity contribution in [3.63, 3.8) is 0 Å². The SMILES string of the molecule is C[C@@H]1CN(Cc2nnnn2-c2ccc(C(F)(F)F)cc2)C[C@H](C)O1. The Kier molecular flexibility index (Phi) is 4.55. The maximum atomic E-state index is 12.7. The van der Waals surface area contributed by atoms with E-state index in [1.807, 2.05) is 13.8 Å². The molecule has 1 saturated heterocycles. The van der Waals surface area contributed by atoms with Crippen LogP contribution in [0.25, 0.3) is 5.69 Å². The number of ether oxygens (including phenoxy) is 1. The Balaban J connectivity index is 1.78. The molecule has 2 atom stereocenters. The van der Waals surface area contributed by atoms with Crippen LogP contribution in [0.5, 0.6) is 0 Å². The van der Waals surface area contributed by atoms with Crippen LogP contribution < -0.4 is 0 Å². The van der Waals surface area contributed by atoms with Gasteiger partial charge in [0.1, 0.15) is 0 Å². The molecule has 0 spiro atoms. The van der Waals surface area contributed by atoms with E-state index in [2.05, 4.69) is 20.4 Å². The van der Waals surface area contributed by atoms with Crippen LogP contribution in [-0.4, -0.2) is 50.4 Å². The molecule has 0 unspecified atom stereocenters. The number of benzene rings is 1. The summed E-state index contributed by atoms with van der Waals surface area (Å²) in [6.45, 7) is 6.02. The molecule has 0 aliphatic carbocycles. The lowest BCUT2D eigenvalue weighted by atomic mass is 10.2. The van der Waals surface area contributed by atoms with E-state index < -0.39 is 11.7 Å². The van der Waals surface area contributed by atoms with Gasteiger partial charge in [-0.15, -0.1) is 5.10 Å². The van der Waals surface area contributed by atoms with Crippen molar-refractivity contribution in [2.24, 2.45) is 0 Å². The van der Waals surface area contributed by atoms with Crippen LogP contribution in [-0.2, 0) is 17.5 Å². The Hall–Kier alpha value is -2.00. The van der Waals surface area contributed by atoms with Gasteiger partial charge in [0.25, 0.3) is 0 Å². The van der Waals surface area contributed by atoms with Crippen LogP contribution >= 0.6 is 0 Å². The zero-order valence-electron chi connectivity index (χ0n) is 13.4. The lowest BCUT2D eigenvalue weighted by Gasteiger charge is -2.34. The van der Waals surface area contributed by atoms with Gasteiger partial charge in [0.15, 0.2) is 5.82 Å². The highest BCUT2D eigenvalue weighted by Gasteiger charge is 2.30. The molecule has 0 radical (unpaired) electrons. The van der Waals surface area contributed by atoms with Crippen molar-refractivity contribution >= 4 is 0 Å². The summed E-state index contributed by atoms with van der Waals surface area (Å²) in [5.41, 5.74) is -0.200. The number of hydrogen-bond acceptors (Lipinski definition) is 5. The van der Waals surface area contributed by atoms with Gasteiger partial charge in [0.2, 0.25) is 0 Å². The molecule has 3 rings (SSSR count). The number of alkyl halides is 3. The number of morpholine rings is 1. The standard InChI is InChI=1S/C15H18F3N5O/c1-10-7-22(8-11(2)24-10)9-14-19-20-21-23(14)13-5-3-12(4-6-13)15(16,17)18/h3-6,10-11H,7-9H2,1-2H3/t10-,11+. The van der Waals surface area contributed by atoms with Crippen LogP contribution in [0, 0.1) is 0 Å². The average Bonchev–Trinajstić information content (AvgIpc) is 2.93. The van der Waals surface area contributed by atoms with E-state index in [-0.39, 0.29) is 12.2 Å². The van der Waals surface area contributed by atoms with Crippen LogP contribution in [0.1, 0.15) is 25.2 Å². The van der Waals surface area contributed by atoms with Crippen molar-refractivity contribution < 1.29 is 17.9 Å². The summed E-state index contributed by atoms with van der Waals surface area (Å²) < 4.78 is 45.1. The van der Waals surface area contributed by atoms with Crippen molar-refractivity contribution in [1.29, 1.82) is 0 Å². The number of aromatic nitrogens is 4. The van der Waals surface area contributed by atoms with Gasteiger partial charge >= 0.3 is 6.18 Å². The number of rotatable bonds is 3. The maximum Gasteiger partial charge on any atom is 0.416 e. The molecule has 0 N–H and O–H groups in total. The lowest BCUT2D eigenvalue weighted by Crippen LogP contribution is -2.45. The van der Waals surface area contributed by atoms with Crippen molar-refractivity contribution in [2.45, 2.75) is 38.8 Å². The molecule has 9 heteroatoms. The first-order chi connectivity index (χ1) is 11.3. The van der Waals surface area contributed by atoms with Crippen LogP contribution in [0.4, 0.5) is 13.2 Å². The number of nitrogens with zero attached hydrogens (tertiary/aromatic N) is 5. The fourth-order valence-electron chi connectivity index (χ4n) is 2.91. The molecule has 2 aromatic rings. The number of halogens is 3. The molecule has 24 heavy (non-hydrogen) atoms. The minimum absolute atomic E-state index is 0.115. The molecule has 2 heterocycles. The molecule has 1 aliphatic rings. The molecule has 0 bridgehead atoms. The Bertz CT molecular complexity index is 675. The maximum absolute atomic E-state index is 12.7. The summed E-state index contributed by atoms with van der Waals surface area (Å²) in [6.07, 6.45) is -4.13. The van der Waals surface area contributed by atoms with Crippen LogP contribution in [0.3, 0.4) is 0 Å². The summed E-state index contributed by atoms with van der Waals surface area (Å²) in [6, 6.07) is 4.79. The van der Waals surface area contributed by atoms with Gasteiger partial charge < -0.3 is 4.74 Å². The topological polar surface area (TPSA) is 56.1 Å².